The van der Waals surface area contributed by atoms with Crippen LogP contribution in [0.2, 0.25) is 0 Å². The number of hydrogen-bond acceptors (Lipinski definition) is 2. The fourth-order valence-corrected chi connectivity index (χ4v) is 2.77. The number of carbonyl (C=O) groups is 2. The van der Waals surface area contributed by atoms with E-state index < -0.39 is 17.3 Å². The van der Waals surface area contributed by atoms with E-state index in [1.807, 2.05) is 25.7 Å². The Hall–Kier alpha value is -1.06. The quantitative estimate of drug-likeness (QED) is 0.805. The average Bonchev–Trinajstić information content (AvgIpc) is 2.62. The first-order chi connectivity index (χ1) is 9.23. The Morgan fingerprint density at radius 2 is 1.65 bits per heavy atom. The second kappa shape index (κ2) is 7.09. The van der Waals surface area contributed by atoms with Crippen LogP contribution in [0, 0.1) is 11.3 Å². The molecule has 0 aliphatic heterocycles. The summed E-state index contributed by atoms with van der Waals surface area (Å²) in [5.74, 6) is -1.26. The predicted molar refractivity (Wildman–Crippen MR) is 79.5 cm³/mol. The van der Waals surface area contributed by atoms with Gasteiger partial charge in [0.1, 0.15) is 0 Å². The van der Waals surface area contributed by atoms with Crippen molar-refractivity contribution in [2.45, 2.75) is 72.3 Å². The van der Waals surface area contributed by atoms with Crippen LogP contribution in [0.3, 0.4) is 0 Å². The molecule has 1 aliphatic rings. The maximum atomic E-state index is 12.7. The first-order valence-corrected chi connectivity index (χ1v) is 7.77. The summed E-state index contributed by atoms with van der Waals surface area (Å²) in [7, 11) is 0. The topological polar surface area (TPSA) is 57.6 Å². The third-order valence-corrected chi connectivity index (χ3v) is 4.06. The molecule has 20 heavy (non-hydrogen) atoms. The third kappa shape index (κ3) is 4.80. The van der Waals surface area contributed by atoms with Gasteiger partial charge in [0, 0.05) is 18.0 Å². The van der Waals surface area contributed by atoms with Crippen LogP contribution in [0.5, 0.6) is 0 Å². The molecule has 0 spiro atoms. The molecule has 4 heteroatoms. The predicted octanol–water partition coefficient (Wildman–Crippen LogP) is 3.30. The fourth-order valence-electron chi connectivity index (χ4n) is 2.77. The van der Waals surface area contributed by atoms with Crippen molar-refractivity contribution in [3.05, 3.63) is 0 Å². The Morgan fingerprint density at radius 3 is 2.05 bits per heavy atom. The summed E-state index contributed by atoms with van der Waals surface area (Å²) >= 11 is 0. The van der Waals surface area contributed by atoms with Gasteiger partial charge in [-0.1, -0.05) is 53.4 Å². The van der Waals surface area contributed by atoms with Gasteiger partial charge in [-0.05, 0) is 12.8 Å². The summed E-state index contributed by atoms with van der Waals surface area (Å²) in [5, 5.41) is 9.13. The number of carboxylic acids is 1. The maximum Gasteiger partial charge on any atom is 0.308 e. The lowest BCUT2D eigenvalue weighted by Crippen LogP contribution is -2.48. The monoisotopic (exact) mass is 283 g/mol. The Labute approximate surface area is 122 Å². The van der Waals surface area contributed by atoms with Gasteiger partial charge in [0.05, 0.1) is 5.92 Å². The van der Waals surface area contributed by atoms with Crippen molar-refractivity contribution in [1.82, 2.24) is 4.90 Å². The normalized spacial score (nSPS) is 19.2. The van der Waals surface area contributed by atoms with Crippen LogP contribution < -0.4 is 0 Å². The average molecular weight is 283 g/mol. The Balaban J connectivity index is 2.87. The second-order valence-corrected chi connectivity index (χ2v) is 7.09. The van der Waals surface area contributed by atoms with Crippen molar-refractivity contribution in [2.75, 3.05) is 6.54 Å². The van der Waals surface area contributed by atoms with Gasteiger partial charge in [0.2, 0.25) is 5.91 Å². The molecule has 1 aliphatic carbocycles. The molecular weight excluding hydrogens is 254 g/mol. The van der Waals surface area contributed by atoms with E-state index >= 15 is 0 Å². The van der Waals surface area contributed by atoms with Gasteiger partial charge in [0.25, 0.3) is 0 Å². The van der Waals surface area contributed by atoms with Crippen LogP contribution in [-0.4, -0.2) is 34.5 Å². The number of carbonyl (C=O) groups excluding carboxylic acids is 1. The highest BCUT2D eigenvalue weighted by Gasteiger charge is 2.33. The van der Waals surface area contributed by atoms with Crippen molar-refractivity contribution >= 4 is 11.9 Å². The van der Waals surface area contributed by atoms with Gasteiger partial charge >= 0.3 is 5.97 Å². The molecule has 0 aromatic carbocycles. The lowest BCUT2D eigenvalue weighted by molar-refractivity contribution is -0.147. The van der Waals surface area contributed by atoms with Crippen LogP contribution in [0.1, 0.15) is 66.2 Å². The number of rotatable bonds is 4. The van der Waals surface area contributed by atoms with Gasteiger partial charge in [-0.3, -0.25) is 9.59 Å². The summed E-state index contributed by atoms with van der Waals surface area (Å²) in [6.45, 7) is 7.73. The summed E-state index contributed by atoms with van der Waals surface area (Å²) < 4.78 is 0. The highest BCUT2D eigenvalue weighted by Crippen LogP contribution is 2.27. The minimum atomic E-state index is -0.828. The molecule has 1 rings (SSSR count). The van der Waals surface area contributed by atoms with Crippen LogP contribution in [0.4, 0.5) is 0 Å². The number of nitrogens with zero attached hydrogens (tertiary/aromatic N) is 1. The molecule has 1 saturated carbocycles. The summed E-state index contributed by atoms with van der Waals surface area (Å²) in [4.78, 5) is 25.6. The second-order valence-electron chi connectivity index (χ2n) is 7.09. The smallest absolute Gasteiger partial charge is 0.308 e. The van der Waals surface area contributed by atoms with E-state index in [2.05, 4.69) is 0 Å². The Kier molecular flexibility index (Phi) is 6.03. The zero-order valence-electron chi connectivity index (χ0n) is 13.3. The van der Waals surface area contributed by atoms with Crippen molar-refractivity contribution < 1.29 is 14.7 Å². The molecule has 1 unspecified atom stereocenters. The number of carboxylic acid groups (broad SMARTS) is 1. The van der Waals surface area contributed by atoms with Gasteiger partial charge in [-0.25, -0.2) is 0 Å². The van der Waals surface area contributed by atoms with E-state index in [9.17, 15) is 9.59 Å². The number of hydrogen-bond donors (Lipinski definition) is 1. The van der Waals surface area contributed by atoms with E-state index in [1.165, 1.54) is 12.8 Å². The van der Waals surface area contributed by atoms with Gasteiger partial charge < -0.3 is 10.0 Å². The first-order valence-electron chi connectivity index (χ1n) is 7.77. The van der Waals surface area contributed by atoms with Crippen LogP contribution in [0.15, 0.2) is 0 Å². The van der Waals surface area contributed by atoms with Crippen molar-refractivity contribution in [1.29, 1.82) is 0 Å². The number of amides is 1. The summed E-state index contributed by atoms with van der Waals surface area (Å²) in [6, 6.07) is 0.214. The zero-order chi connectivity index (χ0) is 15.3. The molecule has 1 N–H and O–H groups in total. The van der Waals surface area contributed by atoms with E-state index in [1.54, 1.807) is 6.92 Å². The van der Waals surface area contributed by atoms with Gasteiger partial charge in [-0.15, -0.1) is 0 Å². The van der Waals surface area contributed by atoms with E-state index in [0.29, 0.717) is 6.54 Å². The molecule has 0 heterocycles. The lowest BCUT2D eigenvalue weighted by atomic mass is 9.92. The molecule has 1 atom stereocenters. The van der Waals surface area contributed by atoms with Crippen LogP contribution in [0.25, 0.3) is 0 Å². The minimum absolute atomic E-state index is 0.0810. The molecule has 0 saturated heterocycles. The largest absolute Gasteiger partial charge is 0.481 e. The van der Waals surface area contributed by atoms with Crippen molar-refractivity contribution in [3.63, 3.8) is 0 Å². The molecule has 0 radical (unpaired) electrons. The van der Waals surface area contributed by atoms with Gasteiger partial charge in [-0.2, -0.15) is 0 Å². The molecule has 1 amide bonds. The minimum Gasteiger partial charge on any atom is -0.481 e. The van der Waals surface area contributed by atoms with E-state index in [4.69, 9.17) is 5.11 Å². The molecule has 0 aromatic rings. The zero-order valence-corrected chi connectivity index (χ0v) is 13.3. The Morgan fingerprint density at radius 1 is 1.15 bits per heavy atom. The highest BCUT2D eigenvalue weighted by atomic mass is 16.4. The van der Waals surface area contributed by atoms with Gasteiger partial charge in [0.15, 0.2) is 0 Å². The fraction of sp³-hybridized carbons (Fsp3) is 0.875. The molecule has 116 valence electrons. The lowest BCUT2D eigenvalue weighted by Gasteiger charge is -2.37. The standard InChI is InChI=1S/C16H29NO3/c1-12(14(18)19)11-17(15(20)16(2,3)4)13-9-7-5-6-8-10-13/h12-13H,5-11H2,1-4H3,(H,18,19). The molecule has 1 fully saturated rings. The SMILES string of the molecule is CC(CN(C(=O)C(C)(C)C)C1CCCCCC1)C(=O)O. The van der Waals surface area contributed by atoms with Crippen LogP contribution in [-0.2, 0) is 9.59 Å². The highest BCUT2D eigenvalue weighted by molar-refractivity contribution is 5.82. The van der Waals surface area contributed by atoms with Crippen LogP contribution >= 0.6 is 0 Å². The molecule has 0 aromatic heterocycles. The van der Waals surface area contributed by atoms with E-state index in [0.717, 1.165) is 25.7 Å². The Bertz CT molecular complexity index is 338. The third-order valence-electron chi connectivity index (χ3n) is 4.06. The van der Waals surface area contributed by atoms with Crippen molar-refractivity contribution in [3.8, 4) is 0 Å². The van der Waals surface area contributed by atoms with E-state index in [-0.39, 0.29) is 11.9 Å². The molecular formula is C16H29NO3. The summed E-state index contributed by atoms with van der Waals surface area (Å²) in [5.41, 5.74) is -0.454. The maximum absolute atomic E-state index is 12.7. The van der Waals surface area contributed by atoms with Crippen molar-refractivity contribution in [2.24, 2.45) is 11.3 Å². The first kappa shape index (κ1) is 17.0. The number of aliphatic carboxylic acids is 1. The molecule has 0 bridgehead atoms. The molecule has 4 nitrogen and oxygen atoms in total. The summed E-state index contributed by atoms with van der Waals surface area (Å²) in [6.07, 6.45) is 6.74.